The third kappa shape index (κ3) is 4.96. The summed E-state index contributed by atoms with van der Waals surface area (Å²) in [6.45, 7) is -0.148. The molecule has 0 aliphatic rings. The van der Waals surface area contributed by atoms with E-state index in [1.807, 2.05) is 0 Å². The van der Waals surface area contributed by atoms with E-state index in [-0.39, 0.29) is 16.5 Å². The maximum atomic E-state index is 13.5. The topological polar surface area (TPSA) is 80.5 Å². The molecule has 0 aliphatic carbocycles. The minimum atomic E-state index is -4.13. The van der Waals surface area contributed by atoms with E-state index in [4.69, 9.17) is 40.5 Å². The Labute approximate surface area is 190 Å². The maximum absolute atomic E-state index is 13.5. The number of amides is 1. The van der Waals surface area contributed by atoms with Crippen molar-refractivity contribution >= 4 is 50.7 Å². The van der Waals surface area contributed by atoms with Crippen LogP contribution in [0.1, 0.15) is 17.2 Å². The SMILES string of the molecule is NC(=O)C(c1ccccc1)N(Cc1ccc(Cl)c(Cl)c1)S(=O)(=O)c1ccc(Cl)cc1. The van der Waals surface area contributed by atoms with Crippen molar-refractivity contribution in [3.63, 3.8) is 0 Å². The highest BCUT2D eigenvalue weighted by Gasteiger charge is 2.36. The molecule has 30 heavy (non-hydrogen) atoms. The van der Waals surface area contributed by atoms with Crippen LogP contribution in [0.25, 0.3) is 0 Å². The van der Waals surface area contributed by atoms with Crippen molar-refractivity contribution in [3.8, 4) is 0 Å². The van der Waals surface area contributed by atoms with Crippen molar-refractivity contribution < 1.29 is 13.2 Å². The first-order chi connectivity index (χ1) is 14.2. The first kappa shape index (κ1) is 22.6. The number of sulfonamides is 1. The lowest BCUT2D eigenvalue weighted by Crippen LogP contribution is -2.41. The molecule has 1 atom stereocenters. The zero-order chi connectivity index (χ0) is 21.9. The van der Waals surface area contributed by atoms with Gasteiger partial charge in [-0.25, -0.2) is 8.42 Å². The molecule has 0 radical (unpaired) electrons. The van der Waals surface area contributed by atoms with Crippen LogP contribution in [0.3, 0.4) is 0 Å². The van der Waals surface area contributed by atoms with Crippen molar-refractivity contribution in [1.82, 2.24) is 4.31 Å². The standard InChI is InChI=1S/C21H17Cl3N2O3S/c22-16-7-9-17(10-8-16)30(28,29)26(13-14-6-11-18(23)19(24)12-14)20(21(25)27)15-4-2-1-3-5-15/h1-12,20H,13H2,(H2,25,27). The Morgan fingerprint density at radius 1 is 0.900 bits per heavy atom. The van der Waals surface area contributed by atoms with Crippen LogP contribution in [0, 0.1) is 0 Å². The molecule has 0 spiro atoms. The molecule has 5 nitrogen and oxygen atoms in total. The molecular weight excluding hydrogens is 467 g/mol. The first-order valence-electron chi connectivity index (χ1n) is 8.76. The Morgan fingerprint density at radius 2 is 1.53 bits per heavy atom. The number of primary amides is 1. The van der Waals surface area contributed by atoms with E-state index < -0.39 is 22.0 Å². The summed E-state index contributed by atoms with van der Waals surface area (Å²) in [5.41, 5.74) is 6.66. The number of halogens is 3. The molecule has 0 saturated heterocycles. The van der Waals surface area contributed by atoms with Gasteiger partial charge in [0, 0.05) is 11.6 Å². The molecule has 9 heteroatoms. The molecule has 1 amide bonds. The number of rotatable bonds is 7. The lowest BCUT2D eigenvalue weighted by Gasteiger charge is -2.29. The smallest absolute Gasteiger partial charge is 0.244 e. The van der Waals surface area contributed by atoms with E-state index in [0.29, 0.717) is 21.2 Å². The van der Waals surface area contributed by atoms with Crippen LogP contribution < -0.4 is 5.73 Å². The average Bonchev–Trinajstić information content (AvgIpc) is 2.71. The van der Waals surface area contributed by atoms with Crippen LogP contribution in [0.2, 0.25) is 15.1 Å². The van der Waals surface area contributed by atoms with E-state index in [2.05, 4.69) is 0 Å². The van der Waals surface area contributed by atoms with E-state index in [9.17, 15) is 13.2 Å². The summed E-state index contributed by atoms with van der Waals surface area (Å²) < 4.78 is 28.1. The van der Waals surface area contributed by atoms with E-state index in [0.717, 1.165) is 4.31 Å². The zero-order valence-electron chi connectivity index (χ0n) is 15.5. The number of nitrogens with zero attached hydrogens (tertiary/aromatic N) is 1. The molecule has 0 bridgehead atoms. The summed E-state index contributed by atoms with van der Waals surface area (Å²) in [5.74, 6) is -0.807. The van der Waals surface area contributed by atoms with Crippen LogP contribution in [-0.4, -0.2) is 18.6 Å². The van der Waals surface area contributed by atoms with Crippen molar-refractivity contribution in [1.29, 1.82) is 0 Å². The van der Waals surface area contributed by atoms with Crippen LogP contribution in [-0.2, 0) is 21.4 Å². The maximum Gasteiger partial charge on any atom is 0.244 e. The van der Waals surface area contributed by atoms with Crippen LogP contribution in [0.4, 0.5) is 0 Å². The third-order valence-electron chi connectivity index (χ3n) is 4.42. The molecule has 0 aliphatic heterocycles. The molecule has 3 rings (SSSR count). The van der Waals surface area contributed by atoms with Gasteiger partial charge in [-0.1, -0.05) is 71.2 Å². The van der Waals surface area contributed by atoms with Crippen molar-refractivity contribution in [2.75, 3.05) is 0 Å². The van der Waals surface area contributed by atoms with E-state index >= 15 is 0 Å². The second kappa shape index (κ2) is 9.37. The van der Waals surface area contributed by atoms with E-state index in [1.165, 1.54) is 24.3 Å². The summed E-state index contributed by atoms with van der Waals surface area (Å²) in [6, 6.07) is 17.7. The number of carbonyl (C=O) groups excluding carboxylic acids is 1. The minimum Gasteiger partial charge on any atom is -0.368 e. The average molecular weight is 484 g/mol. The van der Waals surface area contributed by atoms with Gasteiger partial charge < -0.3 is 5.73 Å². The van der Waals surface area contributed by atoms with Gasteiger partial charge in [0.25, 0.3) is 0 Å². The lowest BCUT2D eigenvalue weighted by molar-refractivity contribution is -0.122. The fourth-order valence-corrected chi connectivity index (χ4v) is 5.00. The zero-order valence-corrected chi connectivity index (χ0v) is 18.6. The Balaban J connectivity index is 2.15. The van der Waals surface area contributed by atoms with Crippen LogP contribution in [0.5, 0.6) is 0 Å². The minimum absolute atomic E-state index is 0.0193. The highest BCUT2D eigenvalue weighted by molar-refractivity contribution is 7.89. The summed E-state index contributed by atoms with van der Waals surface area (Å²) in [4.78, 5) is 12.4. The Bertz CT molecular complexity index is 1150. The monoisotopic (exact) mass is 482 g/mol. The van der Waals surface area contributed by atoms with Gasteiger partial charge >= 0.3 is 0 Å². The molecular formula is C21H17Cl3N2O3S. The first-order valence-corrected chi connectivity index (χ1v) is 11.3. The Morgan fingerprint density at radius 3 is 2.10 bits per heavy atom. The largest absolute Gasteiger partial charge is 0.368 e. The molecule has 2 N–H and O–H groups in total. The summed E-state index contributed by atoms with van der Waals surface area (Å²) in [7, 11) is -4.13. The highest BCUT2D eigenvalue weighted by Crippen LogP contribution is 2.32. The predicted octanol–water partition coefficient (Wildman–Crippen LogP) is 5.06. The number of carbonyl (C=O) groups is 1. The fraction of sp³-hybridized carbons (Fsp3) is 0.0952. The Hall–Kier alpha value is -2.09. The van der Waals surface area contributed by atoms with Crippen molar-refractivity contribution in [3.05, 3.63) is 99.0 Å². The second-order valence-corrected chi connectivity index (χ2v) is 9.61. The van der Waals surface area contributed by atoms with Gasteiger partial charge in [0.05, 0.1) is 14.9 Å². The Kier molecular flexibility index (Phi) is 7.06. The molecule has 0 heterocycles. The van der Waals surface area contributed by atoms with Gasteiger partial charge in [0.2, 0.25) is 15.9 Å². The van der Waals surface area contributed by atoms with Gasteiger partial charge in [0.1, 0.15) is 6.04 Å². The predicted molar refractivity (Wildman–Crippen MR) is 119 cm³/mol. The summed E-state index contributed by atoms with van der Waals surface area (Å²) in [6.07, 6.45) is 0. The summed E-state index contributed by atoms with van der Waals surface area (Å²) in [5, 5.41) is 0.995. The second-order valence-electron chi connectivity index (χ2n) is 6.47. The number of hydrogen-bond donors (Lipinski definition) is 1. The number of hydrogen-bond acceptors (Lipinski definition) is 3. The third-order valence-corrected chi connectivity index (χ3v) is 7.23. The molecule has 0 saturated carbocycles. The molecule has 3 aromatic carbocycles. The highest BCUT2D eigenvalue weighted by atomic mass is 35.5. The fourth-order valence-electron chi connectivity index (χ4n) is 2.98. The quantitative estimate of drug-likeness (QED) is 0.510. The lowest BCUT2D eigenvalue weighted by atomic mass is 10.1. The van der Waals surface area contributed by atoms with Crippen LogP contribution in [0.15, 0.2) is 77.7 Å². The van der Waals surface area contributed by atoms with Gasteiger partial charge in [-0.2, -0.15) is 4.31 Å². The molecule has 3 aromatic rings. The molecule has 0 fully saturated rings. The van der Waals surface area contributed by atoms with Gasteiger partial charge in [0.15, 0.2) is 0 Å². The van der Waals surface area contributed by atoms with Gasteiger partial charge in [-0.05, 0) is 47.5 Å². The number of nitrogens with two attached hydrogens (primary N) is 1. The molecule has 1 unspecified atom stereocenters. The van der Waals surface area contributed by atoms with Crippen molar-refractivity contribution in [2.45, 2.75) is 17.5 Å². The number of benzene rings is 3. The molecule has 156 valence electrons. The van der Waals surface area contributed by atoms with Crippen LogP contribution >= 0.6 is 34.8 Å². The van der Waals surface area contributed by atoms with Gasteiger partial charge in [-0.15, -0.1) is 0 Å². The van der Waals surface area contributed by atoms with Gasteiger partial charge in [-0.3, -0.25) is 4.79 Å². The van der Waals surface area contributed by atoms with E-state index in [1.54, 1.807) is 48.5 Å². The molecule has 0 aromatic heterocycles. The summed E-state index contributed by atoms with van der Waals surface area (Å²) >= 11 is 18.0. The normalized spacial score (nSPS) is 12.7. The van der Waals surface area contributed by atoms with Crippen molar-refractivity contribution in [2.24, 2.45) is 5.73 Å².